The van der Waals surface area contributed by atoms with Crippen molar-refractivity contribution in [3.05, 3.63) is 53.6 Å². The summed E-state index contributed by atoms with van der Waals surface area (Å²) < 4.78 is 26.1. The van der Waals surface area contributed by atoms with Gasteiger partial charge in [0.25, 0.3) is 0 Å². The monoisotopic (exact) mass is 332 g/mol. The molecule has 0 aliphatic carbocycles. The van der Waals surface area contributed by atoms with Crippen LogP contribution in [0.4, 0.5) is 0 Å². The number of ketones is 1. The van der Waals surface area contributed by atoms with Crippen molar-refractivity contribution < 1.29 is 28.5 Å². The topological polar surface area (TPSA) is 63.2 Å². The molecule has 0 spiro atoms. The summed E-state index contributed by atoms with van der Waals surface area (Å²) in [5, 5.41) is 0. The largest absolute Gasteiger partial charge is 0.493 e. The molecule has 0 radical (unpaired) electrons. The lowest BCUT2D eigenvalue weighted by molar-refractivity contribution is 0.0480. The van der Waals surface area contributed by atoms with E-state index < -0.39 is 0 Å². The first-order chi connectivity index (χ1) is 11.7. The van der Waals surface area contributed by atoms with Crippen molar-refractivity contribution >= 4 is 5.78 Å². The summed E-state index contributed by atoms with van der Waals surface area (Å²) in [5.74, 6) is 0.971. The van der Waals surface area contributed by atoms with Crippen molar-refractivity contribution in [1.82, 2.24) is 0 Å². The summed E-state index contributed by atoms with van der Waals surface area (Å²) in [7, 11) is 4.53. The Morgan fingerprint density at radius 2 is 1.42 bits per heavy atom. The molecule has 0 N–H and O–H groups in total. The second kappa shape index (κ2) is 8.90. The Bertz CT molecular complexity index is 683. The summed E-state index contributed by atoms with van der Waals surface area (Å²) in [4.78, 5) is 13.0. The van der Waals surface area contributed by atoms with Gasteiger partial charge in [-0.25, -0.2) is 0 Å². The van der Waals surface area contributed by atoms with E-state index in [-0.39, 0.29) is 19.4 Å². The second-order valence-corrected chi connectivity index (χ2v) is 4.76. The summed E-state index contributed by atoms with van der Waals surface area (Å²) in [6.07, 6.45) is 0. The Labute approximate surface area is 140 Å². The molecular weight excluding hydrogens is 312 g/mol. The average Bonchev–Trinajstić information content (AvgIpc) is 2.64. The highest BCUT2D eigenvalue weighted by atomic mass is 16.7. The highest BCUT2D eigenvalue weighted by molar-refractivity contribution is 6.12. The van der Waals surface area contributed by atoms with Gasteiger partial charge in [0.2, 0.25) is 5.78 Å². The number of methoxy groups -OCH3 is 3. The van der Waals surface area contributed by atoms with E-state index in [1.807, 2.05) is 0 Å². The van der Waals surface area contributed by atoms with Crippen LogP contribution in [0.5, 0.6) is 17.2 Å². The molecule has 0 atom stereocenters. The van der Waals surface area contributed by atoms with Crippen molar-refractivity contribution in [2.75, 3.05) is 34.9 Å². The third-order valence-corrected chi connectivity index (χ3v) is 3.23. The van der Waals surface area contributed by atoms with Crippen LogP contribution >= 0.6 is 0 Å². The molecule has 0 amide bonds. The number of para-hydroxylation sites is 2. The zero-order chi connectivity index (χ0) is 17.4. The zero-order valence-corrected chi connectivity index (χ0v) is 13.9. The van der Waals surface area contributed by atoms with Crippen molar-refractivity contribution in [3.63, 3.8) is 0 Å². The van der Waals surface area contributed by atoms with E-state index >= 15 is 0 Å². The quantitative estimate of drug-likeness (QED) is 0.520. The van der Waals surface area contributed by atoms with Crippen LogP contribution in [0.25, 0.3) is 0 Å². The number of hydrogen-bond donors (Lipinski definition) is 0. The molecule has 0 saturated heterocycles. The summed E-state index contributed by atoms with van der Waals surface area (Å²) in [5.41, 5.74) is 0.768. The zero-order valence-electron chi connectivity index (χ0n) is 13.9. The number of carbonyl (C=O) groups excluding carboxylic acids is 1. The highest BCUT2D eigenvalue weighted by Crippen LogP contribution is 2.34. The maximum atomic E-state index is 13.0. The van der Waals surface area contributed by atoms with Gasteiger partial charge in [0.15, 0.2) is 25.1 Å². The molecular formula is C18H20O6. The molecule has 6 heteroatoms. The predicted octanol–water partition coefficient (Wildman–Crippen LogP) is 2.89. The molecule has 2 rings (SSSR count). The molecule has 128 valence electrons. The minimum Gasteiger partial charge on any atom is -0.493 e. The van der Waals surface area contributed by atoms with Gasteiger partial charge in [0.1, 0.15) is 5.75 Å². The molecule has 6 nitrogen and oxygen atoms in total. The highest BCUT2D eigenvalue weighted by Gasteiger charge is 2.21. The third kappa shape index (κ3) is 4.04. The van der Waals surface area contributed by atoms with E-state index in [9.17, 15) is 4.79 Å². The van der Waals surface area contributed by atoms with E-state index in [4.69, 9.17) is 23.7 Å². The minimum absolute atomic E-state index is 0.00246. The molecule has 0 aliphatic heterocycles. The molecule has 0 saturated carbocycles. The first kappa shape index (κ1) is 17.8. The molecule has 0 unspecified atom stereocenters. The minimum atomic E-state index is -0.244. The lowest BCUT2D eigenvalue weighted by Gasteiger charge is -2.15. The SMILES string of the molecule is COCOc1ccccc1C(=O)c1cccc(OC)c1OCOC. The van der Waals surface area contributed by atoms with E-state index in [0.717, 1.165) is 0 Å². The number of hydrogen-bond acceptors (Lipinski definition) is 6. The molecule has 2 aromatic rings. The summed E-state index contributed by atoms with van der Waals surface area (Å²) >= 11 is 0. The Kier molecular flexibility index (Phi) is 6.60. The lowest BCUT2D eigenvalue weighted by Crippen LogP contribution is -2.10. The Morgan fingerprint density at radius 1 is 0.792 bits per heavy atom. The molecule has 24 heavy (non-hydrogen) atoms. The number of carbonyl (C=O) groups is 1. The van der Waals surface area contributed by atoms with Crippen LogP contribution in [0.15, 0.2) is 42.5 Å². The van der Waals surface area contributed by atoms with E-state index in [1.54, 1.807) is 42.5 Å². The molecule has 0 fully saturated rings. The average molecular weight is 332 g/mol. The fraction of sp³-hybridized carbons (Fsp3) is 0.278. The van der Waals surface area contributed by atoms with Crippen LogP contribution in [0.1, 0.15) is 15.9 Å². The normalized spacial score (nSPS) is 10.3. The smallest absolute Gasteiger partial charge is 0.200 e. The second-order valence-electron chi connectivity index (χ2n) is 4.76. The van der Waals surface area contributed by atoms with Gasteiger partial charge in [-0.1, -0.05) is 18.2 Å². The molecule has 0 aliphatic rings. The Hall–Kier alpha value is -2.57. The summed E-state index contributed by atoms with van der Waals surface area (Å²) in [6, 6.07) is 12.1. The van der Waals surface area contributed by atoms with Crippen LogP contribution in [0.2, 0.25) is 0 Å². The Morgan fingerprint density at radius 3 is 2.12 bits per heavy atom. The van der Waals surface area contributed by atoms with Crippen molar-refractivity contribution in [3.8, 4) is 17.2 Å². The van der Waals surface area contributed by atoms with Crippen LogP contribution in [0.3, 0.4) is 0 Å². The fourth-order valence-electron chi connectivity index (χ4n) is 2.17. The summed E-state index contributed by atoms with van der Waals surface area (Å²) in [6.45, 7) is 0.0535. The molecule has 0 bridgehead atoms. The van der Waals surface area contributed by atoms with E-state index in [0.29, 0.717) is 28.4 Å². The van der Waals surface area contributed by atoms with Gasteiger partial charge in [-0.2, -0.15) is 0 Å². The molecule has 0 heterocycles. The number of ether oxygens (including phenoxy) is 5. The van der Waals surface area contributed by atoms with Crippen LogP contribution in [-0.4, -0.2) is 40.7 Å². The fourth-order valence-corrected chi connectivity index (χ4v) is 2.17. The van der Waals surface area contributed by atoms with Gasteiger partial charge < -0.3 is 23.7 Å². The maximum absolute atomic E-state index is 13.0. The number of benzene rings is 2. The van der Waals surface area contributed by atoms with Crippen LogP contribution in [-0.2, 0) is 9.47 Å². The van der Waals surface area contributed by atoms with Crippen LogP contribution in [0, 0.1) is 0 Å². The van der Waals surface area contributed by atoms with Gasteiger partial charge in [-0.05, 0) is 24.3 Å². The van der Waals surface area contributed by atoms with E-state index in [1.165, 1.54) is 21.3 Å². The van der Waals surface area contributed by atoms with E-state index in [2.05, 4.69) is 0 Å². The lowest BCUT2D eigenvalue weighted by atomic mass is 10.0. The van der Waals surface area contributed by atoms with Crippen molar-refractivity contribution in [2.45, 2.75) is 0 Å². The number of rotatable bonds is 9. The van der Waals surface area contributed by atoms with Crippen molar-refractivity contribution in [1.29, 1.82) is 0 Å². The van der Waals surface area contributed by atoms with Gasteiger partial charge in [-0.3, -0.25) is 4.79 Å². The first-order valence-electron chi connectivity index (χ1n) is 7.27. The predicted molar refractivity (Wildman–Crippen MR) is 87.9 cm³/mol. The van der Waals surface area contributed by atoms with Gasteiger partial charge >= 0.3 is 0 Å². The first-order valence-corrected chi connectivity index (χ1v) is 7.27. The molecule has 0 aromatic heterocycles. The molecule has 2 aromatic carbocycles. The van der Waals surface area contributed by atoms with Gasteiger partial charge in [0.05, 0.1) is 18.2 Å². The third-order valence-electron chi connectivity index (χ3n) is 3.23. The van der Waals surface area contributed by atoms with Gasteiger partial charge in [-0.15, -0.1) is 0 Å². The van der Waals surface area contributed by atoms with Gasteiger partial charge in [0, 0.05) is 14.2 Å². The maximum Gasteiger partial charge on any atom is 0.200 e. The standard InChI is InChI=1S/C18H20O6/c1-20-11-23-15-9-5-4-7-13(15)17(19)14-8-6-10-16(22-3)18(14)24-12-21-2/h4-10H,11-12H2,1-3H3. The van der Waals surface area contributed by atoms with Crippen molar-refractivity contribution in [2.24, 2.45) is 0 Å². The Balaban J connectivity index is 2.43. The van der Waals surface area contributed by atoms with Crippen LogP contribution < -0.4 is 14.2 Å².